The predicted molar refractivity (Wildman–Crippen MR) is 146 cm³/mol. The van der Waals surface area contributed by atoms with E-state index >= 15 is 0 Å². The van der Waals surface area contributed by atoms with E-state index in [4.69, 9.17) is 4.74 Å². The third-order valence-electron chi connectivity index (χ3n) is 5.69. The Balaban J connectivity index is 3.30. The van der Waals surface area contributed by atoms with Crippen molar-refractivity contribution < 1.29 is 19.1 Å². The van der Waals surface area contributed by atoms with Crippen molar-refractivity contribution in [3.05, 3.63) is 34.9 Å². The molecule has 0 heterocycles. The number of aryl methyl sites for hydroxylation is 2. The summed E-state index contributed by atoms with van der Waals surface area (Å²) in [5.74, 6) is -0.531. The highest BCUT2D eigenvalue weighted by Crippen LogP contribution is 2.26. The second-order valence-corrected chi connectivity index (χ2v) is 11.2. The minimum Gasteiger partial charge on any atom is -0.444 e. The summed E-state index contributed by atoms with van der Waals surface area (Å²) in [6, 6.07) is 4.26. The molecule has 1 aromatic rings. The lowest BCUT2D eigenvalue weighted by molar-refractivity contribution is -0.142. The number of rotatable bonds is 13. The van der Waals surface area contributed by atoms with E-state index in [9.17, 15) is 14.4 Å². The summed E-state index contributed by atoms with van der Waals surface area (Å²) in [5, 5.41) is 5.66. The minimum absolute atomic E-state index is 0.0748. The third kappa shape index (κ3) is 11.4. The van der Waals surface area contributed by atoms with Crippen LogP contribution in [0.1, 0.15) is 110 Å². The van der Waals surface area contributed by atoms with Crippen LogP contribution in [0.25, 0.3) is 0 Å². The first-order valence-electron chi connectivity index (χ1n) is 13.4. The number of amides is 3. The number of hydrogen-bond donors (Lipinski definition) is 2. The van der Waals surface area contributed by atoms with E-state index in [-0.39, 0.29) is 17.9 Å². The van der Waals surface area contributed by atoms with Crippen molar-refractivity contribution in [2.24, 2.45) is 0 Å². The summed E-state index contributed by atoms with van der Waals surface area (Å²) in [6.07, 6.45) is 5.72. The minimum atomic E-state index is -0.847. The number of carbonyl (C=O) groups excluding carboxylic acids is 3. The first-order valence-corrected chi connectivity index (χ1v) is 13.4. The van der Waals surface area contributed by atoms with Crippen LogP contribution < -0.4 is 10.6 Å². The smallest absolute Gasteiger partial charge is 0.408 e. The van der Waals surface area contributed by atoms with Crippen LogP contribution in [0.2, 0.25) is 0 Å². The number of ether oxygens (including phenoxy) is 1. The molecule has 0 radical (unpaired) electrons. The standard InChI is InChI=1S/C29H49N3O4/c1-10-11-12-13-14-15-16-32(27(34)23(6)31-28(35)36-29(7,8)9)25(26(33)30-20(2)3)24-18-21(4)17-22(5)19-24/h17-20,23,25H,10-16H2,1-9H3,(H,30,33)(H,31,35). The summed E-state index contributed by atoms with van der Waals surface area (Å²) in [6.45, 7) is 17.4. The monoisotopic (exact) mass is 503 g/mol. The van der Waals surface area contributed by atoms with Gasteiger partial charge in [-0.15, -0.1) is 0 Å². The maximum atomic E-state index is 13.8. The number of hydrogen-bond acceptors (Lipinski definition) is 4. The molecule has 0 aromatic heterocycles. The van der Waals surface area contributed by atoms with E-state index in [1.807, 2.05) is 45.9 Å². The van der Waals surface area contributed by atoms with E-state index in [2.05, 4.69) is 17.6 Å². The number of nitrogens with one attached hydrogen (secondary N) is 2. The van der Waals surface area contributed by atoms with Gasteiger partial charge in [-0.1, -0.05) is 68.4 Å². The van der Waals surface area contributed by atoms with Gasteiger partial charge in [-0.3, -0.25) is 9.59 Å². The zero-order valence-corrected chi connectivity index (χ0v) is 24.0. The Morgan fingerprint density at radius 2 is 1.44 bits per heavy atom. The zero-order chi connectivity index (χ0) is 27.5. The molecular weight excluding hydrogens is 454 g/mol. The molecular formula is C29H49N3O4. The molecule has 1 rings (SSSR count). The van der Waals surface area contributed by atoms with E-state index in [0.717, 1.165) is 42.4 Å². The Kier molecular flexibility index (Phi) is 13.0. The van der Waals surface area contributed by atoms with Crippen LogP contribution in [0, 0.1) is 13.8 Å². The lowest BCUT2D eigenvalue weighted by Gasteiger charge is -2.34. The fraction of sp³-hybridized carbons (Fsp3) is 0.690. The number of alkyl carbamates (subject to hydrolysis) is 1. The molecule has 0 aliphatic rings. The summed E-state index contributed by atoms with van der Waals surface area (Å²) in [7, 11) is 0. The van der Waals surface area contributed by atoms with Gasteiger partial charge in [0.25, 0.3) is 0 Å². The SMILES string of the molecule is CCCCCCCCN(C(=O)C(C)NC(=O)OC(C)(C)C)C(C(=O)NC(C)C)c1cc(C)cc(C)c1. The van der Waals surface area contributed by atoms with Crippen LogP contribution in [0.4, 0.5) is 4.79 Å². The van der Waals surface area contributed by atoms with Gasteiger partial charge in [-0.2, -0.15) is 0 Å². The van der Waals surface area contributed by atoms with Gasteiger partial charge >= 0.3 is 6.09 Å². The van der Waals surface area contributed by atoms with Gasteiger partial charge < -0.3 is 20.3 Å². The highest BCUT2D eigenvalue weighted by atomic mass is 16.6. The molecule has 0 aliphatic heterocycles. The molecule has 0 fully saturated rings. The lowest BCUT2D eigenvalue weighted by Crippen LogP contribution is -2.52. The first kappa shape index (κ1) is 31.5. The van der Waals surface area contributed by atoms with Gasteiger partial charge in [0.2, 0.25) is 11.8 Å². The maximum Gasteiger partial charge on any atom is 0.408 e. The van der Waals surface area contributed by atoms with E-state index in [0.29, 0.717) is 6.54 Å². The quantitative estimate of drug-likeness (QED) is 0.325. The molecule has 204 valence electrons. The largest absolute Gasteiger partial charge is 0.444 e. The molecule has 0 aliphatic carbocycles. The summed E-state index contributed by atoms with van der Waals surface area (Å²) < 4.78 is 5.35. The Morgan fingerprint density at radius 1 is 0.889 bits per heavy atom. The van der Waals surface area contributed by atoms with Crippen LogP contribution in [0.3, 0.4) is 0 Å². The molecule has 0 saturated carbocycles. The van der Waals surface area contributed by atoms with Gasteiger partial charge in [0.05, 0.1) is 0 Å². The molecule has 7 nitrogen and oxygen atoms in total. The second kappa shape index (κ2) is 14.9. The van der Waals surface area contributed by atoms with Crippen molar-refractivity contribution in [2.45, 2.75) is 125 Å². The van der Waals surface area contributed by atoms with Crippen LogP contribution in [-0.4, -0.2) is 47.0 Å². The van der Waals surface area contributed by atoms with Crippen molar-refractivity contribution in [3.63, 3.8) is 0 Å². The van der Waals surface area contributed by atoms with Gasteiger partial charge in [0.15, 0.2) is 0 Å². The molecule has 1 aromatic carbocycles. The van der Waals surface area contributed by atoms with E-state index in [1.54, 1.807) is 32.6 Å². The van der Waals surface area contributed by atoms with Crippen molar-refractivity contribution in [1.82, 2.24) is 15.5 Å². The normalized spacial score (nSPS) is 13.2. The Hall–Kier alpha value is -2.57. The molecule has 3 amide bonds. The number of unbranched alkanes of at least 4 members (excludes halogenated alkanes) is 5. The van der Waals surface area contributed by atoms with Crippen molar-refractivity contribution >= 4 is 17.9 Å². The van der Waals surface area contributed by atoms with Crippen molar-refractivity contribution in [2.75, 3.05) is 6.54 Å². The molecule has 2 atom stereocenters. The van der Waals surface area contributed by atoms with Gasteiger partial charge in [-0.05, 0) is 67.4 Å². The Morgan fingerprint density at radius 3 is 1.97 bits per heavy atom. The van der Waals surface area contributed by atoms with Crippen molar-refractivity contribution in [3.8, 4) is 0 Å². The van der Waals surface area contributed by atoms with Gasteiger partial charge in [-0.25, -0.2) is 4.79 Å². The number of carbonyl (C=O) groups is 3. The predicted octanol–water partition coefficient (Wildman–Crippen LogP) is 5.97. The first-order chi connectivity index (χ1) is 16.7. The average Bonchev–Trinajstić information content (AvgIpc) is 2.71. The fourth-order valence-electron chi connectivity index (χ4n) is 4.23. The molecule has 2 N–H and O–H groups in total. The fourth-order valence-corrected chi connectivity index (χ4v) is 4.23. The zero-order valence-electron chi connectivity index (χ0n) is 24.0. The molecule has 0 bridgehead atoms. The highest BCUT2D eigenvalue weighted by molar-refractivity contribution is 5.92. The average molecular weight is 504 g/mol. The van der Waals surface area contributed by atoms with Crippen LogP contribution >= 0.6 is 0 Å². The summed E-state index contributed by atoms with van der Waals surface area (Å²) in [4.78, 5) is 41.3. The van der Waals surface area contributed by atoms with Gasteiger partial charge in [0, 0.05) is 12.6 Å². The van der Waals surface area contributed by atoms with Crippen LogP contribution in [0.5, 0.6) is 0 Å². The second-order valence-electron chi connectivity index (χ2n) is 11.2. The molecule has 0 spiro atoms. The molecule has 2 unspecified atom stereocenters. The summed E-state index contributed by atoms with van der Waals surface area (Å²) >= 11 is 0. The molecule has 0 saturated heterocycles. The third-order valence-corrected chi connectivity index (χ3v) is 5.69. The topological polar surface area (TPSA) is 87.7 Å². The highest BCUT2D eigenvalue weighted by Gasteiger charge is 2.34. The maximum absolute atomic E-state index is 13.8. The number of benzene rings is 1. The Labute approximate surface area is 218 Å². The van der Waals surface area contributed by atoms with Crippen molar-refractivity contribution in [1.29, 1.82) is 0 Å². The van der Waals surface area contributed by atoms with Crippen LogP contribution in [-0.2, 0) is 14.3 Å². The Bertz CT molecular complexity index is 840. The molecule has 36 heavy (non-hydrogen) atoms. The lowest BCUT2D eigenvalue weighted by atomic mass is 9.98. The van der Waals surface area contributed by atoms with Crippen LogP contribution in [0.15, 0.2) is 18.2 Å². The van der Waals surface area contributed by atoms with Gasteiger partial charge in [0.1, 0.15) is 17.7 Å². The van der Waals surface area contributed by atoms with E-state index in [1.165, 1.54) is 12.8 Å². The van der Waals surface area contributed by atoms with E-state index < -0.39 is 23.8 Å². The summed E-state index contributed by atoms with van der Waals surface area (Å²) in [5.41, 5.74) is 2.15. The molecule has 7 heteroatoms. The number of nitrogens with zero attached hydrogens (tertiary/aromatic N) is 1.